The molecule has 0 fully saturated rings. The first-order valence-electron chi connectivity index (χ1n) is 9.33. The normalized spacial score (nSPS) is 12.6. The number of aliphatic imine (C=N–C) groups is 1. The topological polar surface area (TPSA) is 88.0 Å². The standard InChI is InChI=1S/C20H30N4O3S/c1-6-21-20(22-10-9-19-24-13(2)14(3)28-19)23-12-16(25)15-7-8-17(26-4)18(11-15)27-5/h7-8,11,16,25H,6,9-10,12H2,1-5H3,(H2,21,22,23). The molecule has 8 heteroatoms. The fourth-order valence-corrected chi connectivity index (χ4v) is 3.55. The summed E-state index contributed by atoms with van der Waals surface area (Å²) in [6, 6.07) is 5.37. The summed E-state index contributed by atoms with van der Waals surface area (Å²) < 4.78 is 10.5. The van der Waals surface area contributed by atoms with Crippen LogP contribution in [0.2, 0.25) is 0 Å². The summed E-state index contributed by atoms with van der Waals surface area (Å²) in [4.78, 5) is 10.3. The van der Waals surface area contributed by atoms with Gasteiger partial charge in [-0.3, -0.25) is 4.99 Å². The molecule has 0 saturated carbocycles. The molecular weight excluding hydrogens is 376 g/mol. The molecule has 2 aromatic rings. The van der Waals surface area contributed by atoms with Crippen molar-refractivity contribution < 1.29 is 14.6 Å². The Morgan fingerprint density at radius 3 is 2.57 bits per heavy atom. The minimum Gasteiger partial charge on any atom is -0.493 e. The Kier molecular flexibility index (Phi) is 8.53. The lowest BCUT2D eigenvalue weighted by molar-refractivity contribution is 0.186. The molecule has 3 N–H and O–H groups in total. The Morgan fingerprint density at radius 1 is 1.21 bits per heavy atom. The van der Waals surface area contributed by atoms with E-state index in [1.54, 1.807) is 37.7 Å². The molecule has 7 nitrogen and oxygen atoms in total. The van der Waals surface area contributed by atoms with Crippen LogP contribution in [0.4, 0.5) is 0 Å². The molecule has 0 aliphatic heterocycles. The molecule has 1 heterocycles. The number of ether oxygens (including phenoxy) is 2. The Hall–Kier alpha value is -2.32. The van der Waals surface area contributed by atoms with Crippen LogP contribution in [-0.2, 0) is 6.42 Å². The van der Waals surface area contributed by atoms with Gasteiger partial charge in [-0.05, 0) is 38.5 Å². The molecule has 28 heavy (non-hydrogen) atoms. The van der Waals surface area contributed by atoms with E-state index in [1.165, 1.54) is 4.88 Å². The number of hydrogen-bond donors (Lipinski definition) is 3. The summed E-state index contributed by atoms with van der Waals surface area (Å²) >= 11 is 1.73. The molecule has 1 unspecified atom stereocenters. The Balaban J connectivity index is 1.95. The fraction of sp³-hybridized carbons (Fsp3) is 0.500. The Bertz CT molecular complexity index is 772. The SMILES string of the molecule is CCNC(=NCC(O)c1ccc(OC)c(OC)c1)NCCc1nc(C)c(C)s1. The number of aryl methyl sites for hydroxylation is 2. The number of aromatic nitrogens is 1. The van der Waals surface area contributed by atoms with Crippen LogP contribution in [0.1, 0.15) is 34.2 Å². The predicted octanol–water partition coefficient (Wildman–Crippen LogP) is 2.61. The lowest BCUT2D eigenvalue weighted by atomic mass is 10.1. The highest BCUT2D eigenvalue weighted by molar-refractivity contribution is 7.11. The van der Waals surface area contributed by atoms with Crippen molar-refractivity contribution in [1.29, 1.82) is 0 Å². The van der Waals surface area contributed by atoms with Crippen molar-refractivity contribution in [3.05, 3.63) is 39.3 Å². The highest BCUT2D eigenvalue weighted by Crippen LogP contribution is 2.30. The largest absolute Gasteiger partial charge is 0.493 e. The zero-order valence-electron chi connectivity index (χ0n) is 17.2. The Labute approximate surface area is 170 Å². The van der Waals surface area contributed by atoms with Gasteiger partial charge in [-0.1, -0.05) is 6.07 Å². The van der Waals surface area contributed by atoms with Gasteiger partial charge in [-0.2, -0.15) is 0 Å². The van der Waals surface area contributed by atoms with Crippen molar-refractivity contribution in [3.8, 4) is 11.5 Å². The van der Waals surface area contributed by atoms with Crippen LogP contribution in [0, 0.1) is 13.8 Å². The second kappa shape index (κ2) is 10.9. The summed E-state index contributed by atoms with van der Waals surface area (Å²) in [5.41, 5.74) is 1.82. The van der Waals surface area contributed by atoms with Crippen LogP contribution in [0.3, 0.4) is 0 Å². The summed E-state index contributed by atoms with van der Waals surface area (Å²) in [6.07, 6.45) is 0.0988. The van der Waals surface area contributed by atoms with E-state index in [4.69, 9.17) is 9.47 Å². The molecule has 154 valence electrons. The molecular formula is C20H30N4O3S. The van der Waals surface area contributed by atoms with Gasteiger partial charge in [0.2, 0.25) is 0 Å². The van der Waals surface area contributed by atoms with Crippen LogP contribution in [-0.4, -0.2) is 49.9 Å². The number of hydrogen-bond acceptors (Lipinski definition) is 6. The molecule has 0 radical (unpaired) electrons. The van der Waals surface area contributed by atoms with E-state index in [-0.39, 0.29) is 6.54 Å². The number of rotatable bonds is 9. The van der Waals surface area contributed by atoms with Gasteiger partial charge in [0.25, 0.3) is 0 Å². The molecule has 0 saturated heterocycles. The van der Waals surface area contributed by atoms with Crippen molar-refractivity contribution in [2.75, 3.05) is 33.9 Å². The van der Waals surface area contributed by atoms with Crippen LogP contribution < -0.4 is 20.1 Å². The van der Waals surface area contributed by atoms with Gasteiger partial charge in [0, 0.05) is 24.4 Å². The van der Waals surface area contributed by atoms with Crippen LogP contribution in [0.5, 0.6) is 11.5 Å². The lowest BCUT2D eigenvalue weighted by Crippen LogP contribution is -2.38. The third kappa shape index (κ3) is 6.10. The summed E-state index contributed by atoms with van der Waals surface area (Å²) in [6.45, 7) is 7.84. The van der Waals surface area contributed by atoms with Crippen LogP contribution in [0.25, 0.3) is 0 Å². The monoisotopic (exact) mass is 406 g/mol. The molecule has 0 aliphatic rings. The maximum atomic E-state index is 10.5. The van der Waals surface area contributed by atoms with E-state index in [0.29, 0.717) is 17.5 Å². The molecule has 0 bridgehead atoms. The van der Waals surface area contributed by atoms with Gasteiger partial charge in [-0.15, -0.1) is 11.3 Å². The van der Waals surface area contributed by atoms with E-state index >= 15 is 0 Å². The minimum atomic E-state index is -0.737. The van der Waals surface area contributed by atoms with Crippen molar-refractivity contribution in [2.45, 2.75) is 33.3 Å². The maximum absolute atomic E-state index is 10.5. The zero-order valence-corrected chi connectivity index (χ0v) is 18.0. The van der Waals surface area contributed by atoms with Crippen molar-refractivity contribution in [3.63, 3.8) is 0 Å². The summed E-state index contributed by atoms with van der Waals surface area (Å²) in [5, 5.41) is 18.1. The van der Waals surface area contributed by atoms with Crippen LogP contribution in [0.15, 0.2) is 23.2 Å². The molecule has 0 aliphatic carbocycles. The van der Waals surface area contributed by atoms with Crippen LogP contribution >= 0.6 is 11.3 Å². The third-order valence-electron chi connectivity index (χ3n) is 4.26. The number of benzene rings is 1. The average Bonchev–Trinajstić information content (AvgIpc) is 3.02. The quantitative estimate of drug-likeness (QED) is 0.438. The smallest absolute Gasteiger partial charge is 0.191 e. The first-order valence-corrected chi connectivity index (χ1v) is 10.1. The molecule has 1 aromatic heterocycles. The number of methoxy groups -OCH3 is 2. The third-order valence-corrected chi connectivity index (χ3v) is 5.40. The molecule has 0 amide bonds. The van der Waals surface area contributed by atoms with E-state index in [0.717, 1.165) is 35.8 Å². The second-order valence-corrected chi connectivity index (χ2v) is 7.56. The number of nitrogens with zero attached hydrogens (tertiary/aromatic N) is 2. The predicted molar refractivity (Wildman–Crippen MR) is 114 cm³/mol. The van der Waals surface area contributed by atoms with Crippen molar-refractivity contribution in [2.24, 2.45) is 4.99 Å². The first kappa shape index (κ1) is 22.0. The fourth-order valence-electron chi connectivity index (χ4n) is 2.62. The van der Waals surface area contributed by atoms with E-state index in [1.807, 2.05) is 19.9 Å². The van der Waals surface area contributed by atoms with Gasteiger partial charge < -0.3 is 25.2 Å². The molecule has 2 rings (SSSR count). The van der Waals surface area contributed by atoms with E-state index in [9.17, 15) is 5.11 Å². The number of guanidine groups is 1. The summed E-state index contributed by atoms with van der Waals surface area (Å²) in [7, 11) is 3.16. The highest BCUT2D eigenvalue weighted by Gasteiger charge is 2.12. The van der Waals surface area contributed by atoms with E-state index < -0.39 is 6.10 Å². The first-order chi connectivity index (χ1) is 13.5. The van der Waals surface area contributed by atoms with Gasteiger partial charge in [0.05, 0.1) is 37.6 Å². The average molecular weight is 407 g/mol. The molecule has 1 aromatic carbocycles. The van der Waals surface area contributed by atoms with Crippen molar-refractivity contribution >= 4 is 17.3 Å². The van der Waals surface area contributed by atoms with Gasteiger partial charge in [0.1, 0.15) is 0 Å². The maximum Gasteiger partial charge on any atom is 0.191 e. The molecule has 0 spiro atoms. The number of nitrogens with one attached hydrogen (secondary N) is 2. The molecule has 1 atom stereocenters. The second-order valence-electron chi connectivity index (χ2n) is 6.28. The number of aliphatic hydroxyl groups is 1. The van der Waals surface area contributed by atoms with Crippen molar-refractivity contribution in [1.82, 2.24) is 15.6 Å². The lowest BCUT2D eigenvalue weighted by Gasteiger charge is -2.14. The highest BCUT2D eigenvalue weighted by atomic mass is 32.1. The number of thiazole rings is 1. The van der Waals surface area contributed by atoms with Gasteiger partial charge >= 0.3 is 0 Å². The minimum absolute atomic E-state index is 0.236. The van der Waals surface area contributed by atoms with Gasteiger partial charge in [0.15, 0.2) is 17.5 Å². The zero-order chi connectivity index (χ0) is 20.5. The van der Waals surface area contributed by atoms with Gasteiger partial charge in [-0.25, -0.2) is 4.98 Å². The summed E-state index contributed by atoms with van der Waals surface area (Å²) in [5.74, 6) is 1.89. The van der Waals surface area contributed by atoms with E-state index in [2.05, 4.69) is 27.5 Å². The Morgan fingerprint density at radius 2 is 1.96 bits per heavy atom. The number of aliphatic hydroxyl groups excluding tert-OH is 1.